The minimum absolute atomic E-state index is 0.440. The van der Waals surface area contributed by atoms with Gasteiger partial charge in [-0.25, -0.2) is 5.32 Å². The van der Waals surface area contributed by atoms with Crippen molar-refractivity contribution < 1.29 is 60.7 Å². The van der Waals surface area contributed by atoms with Crippen molar-refractivity contribution in [2.45, 2.75) is 43.6 Å². The average molecular weight is 489 g/mol. The van der Waals surface area contributed by atoms with E-state index < -0.39 is 78.0 Å². The second kappa shape index (κ2) is 8.99. The Morgan fingerprint density at radius 2 is 1.24 bits per heavy atom. The number of halogens is 6. The maximum atomic E-state index is 14.0. The van der Waals surface area contributed by atoms with E-state index >= 15 is 0 Å². The van der Waals surface area contributed by atoms with Crippen LogP contribution in [0.2, 0.25) is 0 Å². The molecule has 0 aromatic heterocycles. The highest BCUT2D eigenvalue weighted by Crippen LogP contribution is 2.55. The van der Waals surface area contributed by atoms with Gasteiger partial charge in [-0.05, 0) is 31.5 Å². The Kier molecular flexibility index (Phi) is 7.26. The summed E-state index contributed by atoms with van der Waals surface area (Å²) in [6.45, 7) is 1.37. The number of phenolic OH excluding ortho intramolecular Hbond substituents is 1. The third-order valence-corrected chi connectivity index (χ3v) is 5.22. The van der Waals surface area contributed by atoms with E-state index in [2.05, 4.69) is 9.47 Å². The molecule has 0 aliphatic carbocycles. The summed E-state index contributed by atoms with van der Waals surface area (Å²) in [6.07, 6.45) is -11.9. The van der Waals surface area contributed by atoms with Gasteiger partial charge in [0, 0.05) is 5.92 Å². The number of aromatic hydroxyl groups is 1. The summed E-state index contributed by atoms with van der Waals surface area (Å²) in [6, 6.07) is 3.44. The number of alkyl halides is 6. The van der Waals surface area contributed by atoms with Crippen LogP contribution in [0.3, 0.4) is 0 Å². The minimum atomic E-state index is -5.96. The van der Waals surface area contributed by atoms with Gasteiger partial charge in [0.2, 0.25) is 11.4 Å². The van der Waals surface area contributed by atoms with Crippen molar-refractivity contribution in [3.05, 3.63) is 29.8 Å². The number of carbonyl (C=O) groups is 2. The maximum absolute atomic E-state index is 14.0. The van der Waals surface area contributed by atoms with E-state index in [1.54, 1.807) is 0 Å². The van der Waals surface area contributed by atoms with Crippen molar-refractivity contribution in [3.63, 3.8) is 0 Å². The quantitative estimate of drug-likeness (QED) is 0.366. The Morgan fingerprint density at radius 3 is 1.55 bits per heavy atom. The van der Waals surface area contributed by atoms with Crippen LogP contribution in [-0.2, 0) is 19.1 Å². The number of hydrogen-bond acceptors (Lipinski definition) is 8. The van der Waals surface area contributed by atoms with E-state index in [4.69, 9.17) is 0 Å². The van der Waals surface area contributed by atoms with Crippen LogP contribution in [-0.4, -0.2) is 64.3 Å². The van der Waals surface area contributed by atoms with Gasteiger partial charge in [-0.3, -0.25) is 9.59 Å². The number of phenols is 1. The fourth-order valence-corrected chi connectivity index (χ4v) is 3.83. The van der Waals surface area contributed by atoms with Gasteiger partial charge in [-0.2, -0.15) is 26.3 Å². The number of hydrogen-bond donors (Lipinski definition) is 4. The molecule has 0 radical (unpaired) electrons. The second-order valence-corrected chi connectivity index (χ2v) is 7.23. The van der Waals surface area contributed by atoms with Crippen LogP contribution in [0.25, 0.3) is 0 Å². The number of nitrogens with one attached hydrogen (secondary N) is 1. The normalized spacial score (nSPS) is 30.5. The van der Waals surface area contributed by atoms with E-state index in [9.17, 15) is 51.3 Å². The summed E-state index contributed by atoms with van der Waals surface area (Å²) in [7, 11) is 0. The van der Waals surface area contributed by atoms with E-state index in [-0.39, 0.29) is 0 Å². The number of piperidine rings is 1. The Bertz CT molecular complexity index is 827. The van der Waals surface area contributed by atoms with Gasteiger partial charge in [-0.15, -0.1) is 0 Å². The lowest BCUT2D eigenvalue weighted by molar-refractivity contribution is -0.376. The zero-order valence-electron chi connectivity index (χ0n) is 17.2. The smallest absolute Gasteiger partial charge is 0.432 e. The Labute approximate surface area is 183 Å². The molecule has 1 aliphatic rings. The molecule has 4 N–H and O–H groups in total. The van der Waals surface area contributed by atoms with Gasteiger partial charge in [0.25, 0.3) is 0 Å². The third-order valence-electron chi connectivity index (χ3n) is 5.22. The van der Waals surface area contributed by atoms with Gasteiger partial charge in [-0.1, -0.05) is 12.1 Å². The lowest BCUT2D eigenvalue weighted by atomic mass is 9.64. The van der Waals surface area contributed by atoms with E-state index in [0.29, 0.717) is 5.32 Å². The summed E-state index contributed by atoms with van der Waals surface area (Å²) in [5.41, 5.74) is -9.89. The second-order valence-electron chi connectivity index (χ2n) is 7.23. The summed E-state index contributed by atoms with van der Waals surface area (Å²) in [5, 5.41) is 31.1. The number of rotatable bonds is 5. The van der Waals surface area contributed by atoms with Crippen LogP contribution in [0, 0.1) is 11.8 Å². The first-order valence-corrected chi connectivity index (χ1v) is 9.54. The van der Waals surface area contributed by atoms with E-state index in [1.165, 1.54) is 13.8 Å². The molecule has 8 nitrogen and oxygen atoms in total. The average Bonchev–Trinajstić information content (AvgIpc) is 2.66. The number of esters is 2. The van der Waals surface area contributed by atoms with Crippen LogP contribution in [0.5, 0.6) is 5.75 Å². The molecule has 1 saturated heterocycles. The lowest BCUT2D eigenvalue weighted by Gasteiger charge is -2.54. The SMILES string of the molecule is CCOC(=O)[C@H]1C(c2ccc(O)cc2)[C@H](C(=O)OCC)[C@](O)(C(F)(F)F)N[C@]1(O)C(F)(F)F. The highest BCUT2D eigenvalue weighted by molar-refractivity contribution is 5.81. The van der Waals surface area contributed by atoms with Crippen molar-refractivity contribution in [2.24, 2.45) is 11.8 Å². The molecule has 33 heavy (non-hydrogen) atoms. The highest BCUT2D eigenvalue weighted by Gasteiger charge is 2.78. The molecule has 0 spiro atoms. The molecule has 0 saturated carbocycles. The molecule has 1 unspecified atom stereocenters. The van der Waals surface area contributed by atoms with E-state index in [1.807, 2.05) is 0 Å². The molecule has 14 heteroatoms. The van der Waals surface area contributed by atoms with Crippen molar-refractivity contribution in [3.8, 4) is 5.75 Å². The number of benzene rings is 1. The maximum Gasteiger partial charge on any atom is 0.432 e. The zero-order chi connectivity index (χ0) is 25.4. The monoisotopic (exact) mass is 489 g/mol. The molecule has 1 heterocycles. The third kappa shape index (κ3) is 4.59. The Morgan fingerprint density at radius 1 is 0.879 bits per heavy atom. The molecule has 1 aromatic rings. The molecule has 0 bridgehead atoms. The van der Waals surface area contributed by atoms with Gasteiger partial charge in [0.05, 0.1) is 13.2 Å². The molecule has 1 aliphatic heterocycles. The van der Waals surface area contributed by atoms with Gasteiger partial charge in [0.15, 0.2) is 0 Å². The minimum Gasteiger partial charge on any atom is -0.508 e. The van der Waals surface area contributed by atoms with Crippen molar-refractivity contribution in [1.82, 2.24) is 5.32 Å². The molecule has 1 aromatic carbocycles. The summed E-state index contributed by atoms with van der Waals surface area (Å²) < 4.78 is 93.1. The first-order valence-electron chi connectivity index (χ1n) is 9.54. The predicted molar refractivity (Wildman–Crippen MR) is 96.2 cm³/mol. The molecular weight excluding hydrogens is 468 g/mol. The first-order chi connectivity index (χ1) is 15.0. The van der Waals surface area contributed by atoms with E-state index in [0.717, 1.165) is 24.3 Å². The molecule has 186 valence electrons. The topological polar surface area (TPSA) is 125 Å². The van der Waals surface area contributed by atoms with Crippen LogP contribution in [0.4, 0.5) is 26.3 Å². The van der Waals surface area contributed by atoms with Crippen LogP contribution in [0.15, 0.2) is 24.3 Å². The number of ether oxygens (including phenoxy) is 2. The van der Waals surface area contributed by atoms with Crippen LogP contribution in [0.1, 0.15) is 25.3 Å². The van der Waals surface area contributed by atoms with Gasteiger partial charge < -0.3 is 24.8 Å². The first kappa shape index (κ1) is 26.7. The number of aliphatic hydroxyl groups is 2. The summed E-state index contributed by atoms with van der Waals surface area (Å²) in [5.74, 6) is -12.3. The Balaban J connectivity index is 2.95. The lowest BCUT2D eigenvalue weighted by Crippen LogP contribution is -2.81. The van der Waals surface area contributed by atoms with Crippen molar-refractivity contribution in [2.75, 3.05) is 13.2 Å². The van der Waals surface area contributed by atoms with Crippen molar-refractivity contribution >= 4 is 11.9 Å². The largest absolute Gasteiger partial charge is 0.508 e. The van der Waals surface area contributed by atoms with Gasteiger partial charge >= 0.3 is 24.3 Å². The molecule has 5 atom stereocenters. The predicted octanol–water partition coefficient (Wildman–Crippen LogP) is 1.94. The summed E-state index contributed by atoms with van der Waals surface area (Å²) in [4.78, 5) is 25.2. The van der Waals surface area contributed by atoms with Crippen LogP contribution < -0.4 is 5.32 Å². The van der Waals surface area contributed by atoms with Crippen molar-refractivity contribution in [1.29, 1.82) is 0 Å². The molecule has 2 rings (SSSR count). The van der Waals surface area contributed by atoms with Gasteiger partial charge in [0.1, 0.15) is 17.6 Å². The molecular formula is C19H21F6NO7. The highest BCUT2D eigenvalue weighted by atomic mass is 19.4. The molecule has 1 fully saturated rings. The number of carbonyl (C=O) groups excluding carboxylic acids is 2. The van der Waals surface area contributed by atoms with Crippen LogP contribution >= 0.6 is 0 Å². The Hall–Kier alpha value is -2.58. The fraction of sp³-hybridized carbons (Fsp3) is 0.579. The standard InChI is InChI=1S/C19H21F6NO7/c1-3-32-14(28)12-11(9-5-7-10(27)8-6-9)13(15(29)33-4-2)17(31,19(23,24)25)26-16(12,30)18(20,21)22/h5-8,11-13,26-27,30-31H,3-4H2,1-2H3/t11?,12-,13-,16-,17+/m1/s1. The summed E-state index contributed by atoms with van der Waals surface area (Å²) >= 11 is 0. The zero-order valence-corrected chi connectivity index (χ0v) is 17.2. The molecule has 0 amide bonds. The fourth-order valence-electron chi connectivity index (χ4n) is 3.83.